The molecule has 1 aromatic rings. The van der Waals surface area contributed by atoms with Crippen LogP contribution in [0.3, 0.4) is 0 Å². The van der Waals surface area contributed by atoms with E-state index in [1.165, 1.54) is 11.3 Å². The molecule has 0 fully saturated rings. The van der Waals surface area contributed by atoms with Crippen LogP contribution in [0.1, 0.15) is 42.5 Å². The van der Waals surface area contributed by atoms with E-state index in [1.807, 2.05) is 0 Å². The Bertz CT molecular complexity index is 289. The van der Waals surface area contributed by atoms with Gasteiger partial charge in [0.15, 0.2) is 0 Å². The second-order valence-corrected chi connectivity index (χ2v) is 4.05. The highest BCUT2D eigenvalue weighted by atomic mass is 32.1. The molecule has 4 heteroatoms. The second-order valence-electron chi connectivity index (χ2n) is 2.99. The highest BCUT2D eigenvalue weighted by Crippen LogP contribution is 2.26. The molecule has 0 aliphatic rings. The van der Waals surface area contributed by atoms with E-state index in [0.29, 0.717) is 5.92 Å². The first kappa shape index (κ1) is 10.2. The summed E-state index contributed by atoms with van der Waals surface area (Å²) in [7, 11) is 0. The van der Waals surface area contributed by atoms with Crippen molar-refractivity contribution in [3.05, 3.63) is 16.1 Å². The van der Waals surface area contributed by atoms with Crippen LogP contribution in [0.5, 0.6) is 0 Å². The minimum Gasteiger partial charge on any atom is -0.383 e. The average Bonchev–Trinajstić information content (AvgIpc) is 2.56. The van der Waals surface area contributed by atoms with Gasteiger partial charge in [-0.05, 0) is 12.8 Å². The van der Waals surface area contributed by atoms with E-state index < -0.39 is 0 Å². The van der Waals surface area contributed by atoms with Crippen LogP contribution in [0.2, 0.25) is 0 Å². The summed E-state index contributed by atoms with van der Waals surface area (Å²) in [6.45, 7) is 4.31. The highest BCUT2D eigenvalue weighted by Gasteiger charge is 2.12. The molecular formula is C9H15N3S. The van der Waals surface area contributed by atoms with E-state index in [1.54, 1.807) is 6.20 Å². The van der Waals surface area contributed by atoms with Gasteiger partial charge in [-0.25, -0.2) is 4.98 Å². The molecule has 0 aliphatic heterocycles. The lowest BCUT2D eigenvalue weighted by molar-refractivity contribution is 0.637. The van der Waals surface area contributed by atoms with Gasteiger partial charge in [0.25, 0.3) is 0 Å². The maximum Gasteiger partial charge on any atom is 0.134 e. The summed E-state index contributed by atoms with van der Waals surface area (Å²) in [5.41, 5.74) is 5.36. The summed E-state index contributed by atoms with van der Waals surface area (Å²) in [5, 5.41) is 8.36. The molecule has 0 unspecified atom stereocenters. The van der Waals surface area contributed by atoms with Gasteiger partial charge < -0.3 is 5.73 Å². The summed E-state index contributed by atoms with van der Waals surface area (Å²) in [4.78, 5) is 5.06. The van der Waals surface area contributed by atoms with Crippen molar-refractivity contribution >= 4 is 17.2 Å². The Morgan fingerprint density at radius 3 is 2.62 bits per heavy atom. The zero-order valence-corrected chi connectivity index (χ0v) is 8.82. The van der Waals surface area contributed by atoms with Crippen molar-refractivity contribution < 1.29 is 0 Å². The zero-order valence-electron chi connectivity index (χ0n) is 8.00. The number of nitrogen functional groups attached to an aromatic ring is 1. The fourth-order valence-electron chi connectivity index (χ4n) is 1.24. The van der Waals surface area contributed by atoms with Crippen LogP contribution in [0.15, 0.2) is 6.20 Å². The molecule has 0 atom stereocenters. The number of nitrogens with two attached hydrogens (primary N) is 1. The number of hydrogen-bond donors (Lipinski definition) is 2. The van der Waals surface area contributed by atoms with Crippen molar-refractivity contribution in [1.29, 1.82) is 5.41 Å². The van der Waals surface area contributed by atoms with E-state index in [4.69, 9.17) is 11.1 Å². The van der Waals surface area contributed by atoms with Crippen LogP contribution in [-0.4, -0.2) is 10.8 Å². The Hall–Kier alpha value is -0.900. The molecule has 0 radical (unpaired) electrons. The molecular weight excluding hydrogens is 182 g/mol. The maximum absolute atomic E-state index is 7.25. The molecule has 0 spiro atoms. The van der Waals surface area contributed by atoms with Crippen LogP contribution in [0.4, 0.5) is 0 Å². The minimum absolute atomic E-state index is 0.120. The van der Waals surface area contributed by atoms with E-state index in [9.17, 15) is 0 Å². The van der Waals surface area contributed by atoms with Crippen LogP contribution in [0.25, 0.3) is 0 Å². The molecule has 1 heterocycles. The summed E-state index contributed by atoms with van der Waals surface area (Å²) in [5.74, 6) is 0.646. The quantitative estimate of drug-likeness (QED) is 0.575. The summed E-state index contributed by atoms with van der Waals surface area (Å²) >= 11 is 1.54. The third kappa shape index (κ3) is 2.28. The Morgan fingerprint density at radius 2 is 2.23 bits per heavy atom. The Morgan fingerprint density at radius 1 is 1.62 bits per heavy atom. The molecule has 0 saturated heterocycles. The number of amidine groups is 1. The van der Waals surface area contributed by atoms with Crippen LogP contribution in [-0.2, 0) is 0 Å². The largest absolute Gasteiger partial charge is 0.383 e. The number of rotatable bonds is 4. The smallest absolute Gasteiger partial charge is 0.134 e. The van der Waals surface area contributed by atoms with Gasteiger partial charge in [-0.1, -0.05) is 13.8 Å². The monoisotopic (exact) mass is 197 g/mol. The maximum atomic E-state index is 7.25. The molecule has 0 bridgehead atoms. The van der Waals surface area contributed by atoms with Gasteiger partial charge >= 0.3 is 0 Å². The van der Waals surface area contributed by atoms with E-state index in [2.05, 4.69) is 18.8 Å². The van der Waals surface area contributed by atoms with E-state index in [-0.39, 0.29) is 5.84 Å². The van der Waals surface area contributed by atoms with Crippen molar-refractivity contribution in [2.24, 2.45) is 5.73 Å². The molecule has 1 rings (SSSR count). The number of nitrogens with one attached hydrogen (secondary N) is 1. The van der Waals surface area contributed by atoms with Gasteiger partial charge in [0.05, 0.1) is 9.88 Å². The van der Waals surface area contributed by atoms with E-state index >= 15 is 0 Å². The molecule has 0 aromatic carbocycles. The summed E-state index contributed by atoms with van der Waals surface area (Å²) in [6.07, 6.45) is 3.89. The van der Waals surface area contributed by atoms with Crippen LogP contribution >= 0.6 is 11.3 Å². The predicted molar refractivity (Wildman–Crippen MR) is 56.5 cm³/mol. The van der Waals surface area contributed by atoms with E-state index in [0.717, 1.165) is 22.7 Å². The fraction of sp³-hybridized carbons (Fsp3) is 0.556. The zero-order chi connectivity index (χ0) is 9.84. The Balaban J connectivity index is 2.84. The van der Waals surface area contributed by atoms with Gasteiger partial charge in [-0.3, -0.25) is 5.41 Å². The predicted octanol–water partition coefficient (Wildman–Crippen LogP) is 2.33. The number of nitrogens with zero attached hydrogens (tertiary/aromatic N) is 1. The molecule has 0 saturated carbocycles. The number of hydrogen-bond acceptors (Lipinski definition) is 3. The van der Waals surface area contributed by atoms with Gasteiger partial charge in [-0.2, -0.15) is 0 Å². The molecule has 3 nitrogen and oxygen atoms in total. The number of thiazole rings is 1. The van der Waals surface area contributed by atoms with Gasteiger partial charge in [0.1, 0.15) is 5.84 Å². The summed E-state index contributed by atoms with van der Waals surface area (Å²) < 4.78 is 0. The SMILES string of the molecule is CCC(CC)c1ncc(C(=N)N)s1. The van der Waals surface area contributed by atoms with Gasteiger partial charge in [0.2, 0.25) is 0 Å². The lowest BCUT2D eigenvalue weighted by atomic mass is 10.1. The minimum atomic E-state index is 0.120. The standard InChI is InChI=1S/C9H15N3S/c1-3-6(4-2)9-12-5-7(13-9)8(10)11/h5-6H,3-4H2,1-2H3,(H3,10,11). The molecule has 1 aromatic heterocycles. The number of aromatic nitrogens is 1. The average molecular weight is 197 g/mol. The topological polar surface area (TPSA) is 62.8 Å². The lowest BCUT2D eigenvalue weighted by Crippen LogP contribution is -2.08. The second kappa shape index (κ2) is 4.37. The highest BCUT2D eigenvalue weighted by molar-refractivity contribution is 7.13. The van der Waals surface area contributed by atoms with Crippen molar-refractivity contribution in [3.8, 4) is 0 Å². The van der Waals surface area contributed by atoms with Gasteiger partial charge in [-0.15, -0.1) is 11.3 Å². The molecule has 72 valence electrons. The Labute approximate surface area is 82.5 Å². The molecule has 3 N–H and O–H groups in total. The normalized spacial score (nSPS) is 10.7. The summed E-state index contributed by atoms with van der Waals surface area (Å²) in [6, 6.07) is 0. The third-order valence-corrected chi connectivity index (χ3v) is 3.32. The first-order valence-electron chi connectivity index (χ1n) is 4.49. The lowest BCUT2D eigenvalue weighted by Gasteiger charge is -2.06. The van der Waals surface area contributed by atoms with Crippen molar-refractivity contribution in [2.75, 3.05) is 0 Å². The Kier molecular flexibility index (Phi) is 3.42. The first-order valence-corrected chi connectivity index (χ1v) is 5.30. The van der Waals surface area contributed by atoms with Crippen molar-refractivity contribution in [2.45, 2.75) is 32.6 Å². The van der Waals surface area contributed by atoms with Crippen molar-refractivity contribution in [1.82, 2.24) is 4.98 Å². The van der Waals surface area contributed by atoms with Crippen LogP contribution in [0, 0.1) is 5.41 Å². The molecule has 0 amide bonds. The molecule has 13 heavy (non-hydrogen) atoms. The van der Waals surface area contributed by atoms with Crippen LogP contribution < -0.4 is 5.73 Å². The third-order valence-electron chi connectivity index (χ3n) is 2.12. The first-order chi connectivity index (χ1) is 6.19. The van der Waals surface area contributed by atoms with Crippen molar-refractivity contribution in [3.63, 3.8) is 0 Å². The molecule has 0 aliphatic carbocycles. The fourth-order valence-corrected chi connectivity index (χ4v) is 2.28. The van der Waals surface area contributed by atoms with Gasteiger partial charge in [0, 0.05) is 12.1 Å².